The van der Waals surface area contributed by atoms with E-state index in [1.807, 2.05) is 23.2 Å². The van der Waals surface area contributed by atoms with E-state index < -0.39 is 0 Å². The highest BCUT2D eigenvalue weighted by molar-refractivity contribution is 5.91. The number of furan rings is 1. The summed E-state index contributed by atoms with van der Waals surface area (Å²) in [6.07, 6.45) is 8.10. The van der Waals surface area contributed by atoms with Gasteiger partial charge in [-0.1, -0.05) is 6.07 Å². The number of hydrogen-bond donors (Lipinski definition) is 0. The summed E-state index contributed by atoms with van der Waals surface area (Å²) in [5, 5.41) is 0. The molecule has 4 heterocycles. The third-order valence-corrected chi connectivity index (χ3v) is 5.39. The van der Waals surface area contributed by atoms with Gasteiger partial charge in [-0.05, 0) is 43.0 Å². The first-order valence-corrected chi connectivity index (χ1v) is 9.18. The van der Waals surface area contributed by atoms with Crippen LogP contribution in [0.4, 0.5) is 0 Å². The number of fused-ring (bicyclic) bond motifs is 1. The average molecular weight is 356 g/mol. The van der Waals surface area contributed by atoms with Gasteiger partial charge >= 0.3 is 0 Å². The van der Waals surface area contributed by atoms with Crippen molar-refractivity contribution in [3.63, 3.8) is 0 Å². The summed E-state index contributed by atoms with van der Waals surface area (Å²) in [6.45, 7) is 3.23. The zero-order chi connectivity index (χ0) is 17.8. The Balaban J connectivity index is 1.45. The van der Waals surface area contributed by atoms with Crippen molar-refractivity contribution in [3.05, 3.63) is 54.2 Å². The summed E-state index contributed by atoms with van der Waals surface area (Å²) in [7, 11) is 0. The van der Waals surface area contributed by atoms with E-state index in [1.54, 1.807) is 18.3 Å². The summed E-state index contributed by atoms with van der Waals surface area (Å²) in [5.41, 5.74) is 0.900. The van der Waals surface area contributed by atoms with Gasteiger partial charge in [0.15, 0.2) is 5.76 Å². The molecule has 0 N–H and O–H groups in total. The van der Waals surface area contributed by atoms with Crippen LogP contribution in [-0.4, -0.2) is 48.2 Å². The van der Waals surface area contributed by atoms with Gasteiger partial charge in [-0.2, -0.15) is 0 Å². The number of amides is 1. The zero-order valence-electron chi connectivity index (χ0n) is 14.8. The summed E-state index contributed by atoms with van der Waals surface area (Å²) in [4.78, 5) is 18.7. The molecule has 2 aromatic heterocycles. The molecule has 6 heteroatoms. The van der Waals surface area contributed by atoms with Crippen LogP contribution in [0.15, 0.2) is 47.3 Å². The lowest BCUT2D eigenvalue weighted by Crippen LogP contribution is -2.58. The minimum atomic E-state index is -0.152. The van der Waals surface area contributed by atoms with Crippen molar-refractivity contribution in [1.82, 2.24) is 9.88 Å². The van der Waals surface area contributed by atoms with Gasteiger partial charge in [0.05, 0.1) is 25.6 Å². The predicted octanol–water partition coefficient (Wildman–Crippen LogP) is 2.90. The van der Waals surface area contributed by atoms with E-state index in [4.69, 9.17) is 13.9 Å². The predicted molar refractivity (Wildman–Crippen MR) is 94.5 cm³/mol. The molecule has 26 heavy (non-hydrogen) atoms. The Bertz CT molecular complexity index is 719. The number of rotatable bonds is 5. The molecule has 2 atom stereocenters. The van der Waals surface area contributed by atoms with Crippen molar-refractivity contribution < 1.29 is 18.7 Å². The highest BCUT2D eigenvalue weighted by Gasteiger charge is 2.47. The number of aromatic nitrogens is 1. The molecule has 2 aliphatic heterocycles. The second-order valence-electron chi connectivity index (χ2n) is 7.17. The van der Waals surface area contributed by atoms with Gasteiger partial charge in [-0.3, -0.25) is 9.78 Å². The lowest BCUT2D eigenvalue weighted by molar-refractivity contribution is -0.149. The first-order chi connectivity index (χ1) is 12.8. The van der Waals surface area contributed by atoms with Crippen molar-refractivity contribution in [2.45, 2.75) is 32.0 Å². The van der Waals surface area contributed by atoms with Crippen LogP contribution in [0.5, 0.6) is 0 Å². The summed E-state index contributed by atoms with van der Waals surface area (Å²) >= 11 is 0. The van der Waals surface area contributed by atoms with Crippen LogP contribution in [0, 0.1) is 5.41 Å². The van der Waals surface area contributed by atoms with Crippen LogP contribution in [0.25, 0.3) is 0 Å². The molecule has 2 fully saturated rings. The van der Waals surface area contributed by atoms with Crippen LogP contribution in [0.1, 0.15) is 35.4 Å². The maximum absolute atomic E-state index is 12.7. The summed E-state index contributed by atoms with van der Waals surface area (Å²) in [6, 6.07) is 7.38. The molecule has 0 unspecified atom stereocenters. The third-order valence-electron chi connectivity index (χ3n) is 5.39. The van der Waals surface area contributed by atoms with Crippen LogP contribution in [0.3, 0.4) is 0 Å². The monoisotopic (exact) mass is 356 g/mol. The minimum Gasteiger partial charge on any atom is -0.459 e. The Kier molecular flexibility index (Phi) is 5.04. The van der Waals surface area contributed by atoms with E-state index in [0.29, 0.717) is 32.1 Å². The topological polar surface area (TPSA) is 64.8 Å². The fraction of sp³-hybridized carbons (Fsp3) is 0.500. The lowest BCUT2D eigenvalue weighted by Gasteiger charge is -2.50. The van der Waals surface area contributed by atoms with Crippen molar-refractivity contribution >= 4 is 5.91 Å². The normalized spacial score (nSPS) is 25.7. The molecule has 0 bridgehead atoms. The molecule has 0 aliphatic carbocycles. The van der Waals surface area contributed by atoms with Gasteiger partial charge in [0.1, 0.15) is 0 Å². The molecule has 0 spiro atoms. The Morgan fingerprint density at radius 1 is 1.38 bits per heavy atom. The summed E-state index contributed by atoms with van der Waals surface area (Å²) in [5.74, 6) is 0.345. The number of pyridine rings is 1. The fourth-order valence-corrected chi connectivity index (χ4v) is 4.09. The molecule has 1 amide bonds. The molecule has 138 valence electrons. The van der Waals surface area contributed by atoms with Crippen molar-refractivity contribution in [3.8, 4) is 0 Å². The average Bonchev–Trinajstić information content (AvgIpc) is 3.22. The van der Waals surface area contributed by atoms with E-state index in [9.17, 15) is 4.79 Å². The van der Waals surface area contributed by atoms with E-state index in [2.05, 4.69) is 4.98 Å². The number of piperidine rings is 1. The maximum Gasteiger partial charge on any atom is 0.289 e. The molecule has 4 rings (SSSR count). The standard InChI is InChI=1S/C20H24N2O4/c23-19(17-5-2-10-25-17)22-9-6-18-20(14-22,7-3-11-26-18)15-24-13-16-4-1-8-21-12-16/h1-2,4-5,8,10,12,18H,3,6-7,9,11,13-15H2/t18-,20-/m0/s1. The number of carbonyl (C=O) groups is 1. The van der Waals surface area contributed by atoms with Crippen LogP contribution in [-0.2, 0) is 16.1 Å². The quantitative estimate of drug-likeness (QED) is 0.824. The number of nitrogens with zero attached hydrogens (tertiary/aromatic N) is 2. The fourth-order valence-electron chi connectivity index (χ4n) is 4.09. The molecule has 6 nitrogen and oxygen atoms in total. The smallest absolute Gasteiger partial charge is 0.289 e. The Labute approximate surface area is 153 Å². The molecule has 2 saturated heterocycles. The highest BCUT2D eigenvalue weighted by Crippen LogP contribution is 2.41. The lowest BCUT2D eigenvalue weighted by atomic mass is 9.73. The van der Waals surface area contributed by atoms with Crippen molar-refractivity contribution in [1.29, 1.82) is 0 Å². The van der Waals surface area contributed by atoms with Gasteiger partial charge in [0, 0.05) is 37.5 Å². The van der Waals surface area contributed by atoms with E-state index in [0.717, 1.165) is 31.4 Å². The van der Waals surface area contributed by atoms with Crippen molar-refractivity contribution in [2.24, 2.45) is 5.41 Å². The Morgan fingerprint density at radius 3 is 3.15 bits per heavy atom. The van der Waals surface area contributed by atoms with Crippen molar-refractivity contribution in [2.75, 3.05) is 26.3 Å². The molecular formula is C20H24N2O4. The highest BCUT2D eigenvalue weighted by atomic mass is 16.5. The summed E-state index contributed by atoms with van der Waals surface area (Å²) < 4.78 is 17.4. The minimum absolute atomic E-state index is 0.0503. The van der Waals surface area contributed by atoms with Gasteiger partial charge in [-0.15, -0.1) is 0 Å². The van der Waals surface area contributed by atoms with E-state index >= 15 is 0 Å². The van der Waals surface area contributed by atoms with Gasteiger partial charge in [0.2, 0.25) is 0 Å². The Hall–Kier alpha value is -2.18. The molecule has 0 radical (unpaired) electrons. The second kappa shape index (κ2) is 7.60. The first-order valence-electron chi connectivity index (χ1n) is 9.18. The SMILES string of the molecule is O=C(c1ccco1)N1CC[C@@H]2OCCC[C@@]2(COCc2cccnc2)C1. The zero-order valence-corrected chi connectivity index (χ0v) is 14.8. The first kappa shape index (κ1) is 17.2. The number of carbonyl (C=O) groups excluding carboxylic acids is 1. The van der Waals surface area contributed by atoms with Crippen LogP contribution in [0.2, 0.25) is 0 Å². The largest absolute Gasteiger partial charge is 0.459 e. The number of likely N-dealkylation sites (tertiary alicyclic amines) is 1. The molecule has 2 aromatic rings. The van der Waals surface area contributed by atoms with Gasteiger partial charge in [-0.25, -0.2) is 0 Å². The number of ether oxygens (including phenoxy) is 2. The maximum atomic E-state index is 12.7. The molecular weight excluding hydrogens is 332 g/mol. The molecule has 0 aromatic carbocycles. The van der Waals surface area contributed by atoms with Crippen LogP contribution < -0.4 is 0 Å². The number of hydrogen-bond acceptors (Lipinski definition) is 5. The van der Waals surface area contributed by atoms with Gasteiger partial charge < -0.3 is 18.8 Å². The second-order valence-corrected chi connectivity index (χ2v) is 7.17. The molecule has 2 aliphatic rings. The van der Waals surface area contributed by atoms with Gasteiger partial charge in [0.25, 0.3) is 5.91 Å². The third kappa shape index (κ3) is 3.52. The van der Waals surface area contributed by atoms with Crippen LogP contribution >= 0.6 is 0 Å². The van der Waals surface area contributed by atoms with E-state index in [1.165, 1.54) is 6.26 Å². The van der Waals surface area contributed by atoms with E-state index in [-0.39, 0.29) is 17.4 Å². The molecule has 0 saturated carbocycles. The Morgan fingerprint density at radius 2 is 2.35 bits per heavy atom.